The largest absolute Gasteiger partial charge is 0.352 e. The van der Waals surface area contributed by atoms with Crippen molar-refractivity contribution in [3.8, 4) is 0 Å². The molecule has 2 rings (SSSR count). The van der Waals surface area contributed by atoms with Gasteiger partial charge < -0.3 is 5.32 Å². The molecule has 0 heterocycles. The van der Waals surface area contributed by atoms with Crippen LogP contribution in [0, 0.1) is 13.8 Å². The predicted molar refractivity (Wildman–Crippen MR) is 105 cm³/mol. The maximum atomic E-state index is 13.2. The zero-order valence-corrected chi connectivity index (χ0v) is 16.9. The molecule has 0 aliphatic carbocycles. The lowest BCUT2D eigenvalue weighted by Crippen LogP contribution is -2.43. The molecule has 0 saturated heterocycles. The molecule has 0 aliphatic heterocycles. The van der Waals surface area contributed by atoms with Crippen molar-refractivity contribution in [2.75, 3.05) is 10.8 Å². The van der Waals surface area contributed by atoms with Gasteiger partial charge in [0, 0.05) is 11.1 Å². The molecule has 26 heavy (non-hydrogen) atoms. The standard InChI is InChI=1S/C19H23ClN2O3S/c1-13(2)21-19(23)12-22(17-8-5-14(3)15(4)11-17)26(24,25)18-9-6-16(20)7-10-18/h5-11,13H,12H2,1-4H3,(H,21,23). The van der Waals surface area contributed by atoms with Crippen molar-refractivity contribution in [2.24, 2.45) is 0 Å². The van der Waals surface area contributed by atoms with Gasteiger partial charge in [-0.3, -0.25) is 9.10 Å². The molecule has 0 unspecified atom stereocenters. The Morgan fingerprint density at radius 2 is 1.69 bits per heavy atom. The summed E-state index contributed by atoms with van der Waals surface area (Å²) in [6.45, 7) is 7.20. The van der Waals surface area contributed by atoms with Gasteiger partial charge in [0.25, 0.3) is 10.0 Å². The zero-order valence-electron chi connectivity index (χ0n) is 15.3. The van der Waals surface area contributed by atoms with Crippen LogP contribution in [0.4, 0.5) is 5.69 Å². The second-order valence-corrected chi connectivity index (χ2v) is 8.76. The number of carbonyl (C=O) groups excluding carboxylic acids is 1. The lowest BCUT2D eigenvalue weighted by molar-refractivity contribution is -0.120. The van der Waals surface area contributed by atoms with Crippen LogP contribution in [0.3, 0.4) is 0 Å². The highest BCUT2D eigenvalue weighted by Gasteiger charge is 2.27. The highest BCUT2D eigenvalue weighted by molar-refractivity contribution is 7.92. The van der Waals surface area contributed by atoms with Crippen LogP contribution < -0.4 is 9.62 Å². The molecule has 5 nitrogen and oxygen atoms in total. The number of nitrogens with one attached hydrogen (secondary N) is 1. The second kappa shape index (κ2) is 8.10. The maximum absolute atomic E-state index is 13.2. The molecule has 2 aromatic rings. The average molecular weight is 395 g/mol. The molecule has 0 bridgehead atoms. The Labute approximate surface area is 160 Å². The molecule has 140 valence electrons. The van der Waals surface area contributed by atoms with Crippen molar-refractivity contribution in [1.29, 1.82) is 0 Å². The normalized spacial score (nSPS) is 11.5. The summed E-state index contributed by atoms with van der Waals surface area (Å²) < 4.78 is 27.5. The molecular formula is C19H23ClN2O3S. The number of halogens is 1. The highest BCUT2D eigenvalue weighted by atomic mass is 35.5. The number of hydrogen-bond acceptors (Lipinski definition) is 3. The molecule has 1 amide bonds. The van der Waals surface area contributed by atoms with E-state index in [1.54, 1.807) is 12.1 Å². The lowest BCUT2D eigenvalue weighted by Gasteiger charge is -2.25. The van der Waals surface area contributed by atoms with Crippen molar-refractivity contribution < 1.29 is 13.2 Å². The molecule has 0 radical (unpaired) electrons. The minimum Gasteiger partial charge on any atom is -0.352 e. The van der Waals surface area contributed by atoms with Crippen LogP contribution in [0.5, 0.6) is 0 Å². The first-order valence-electron chi connectivity index (χ1n) is 8.26. The van der Waals surface area contributed by atoms with Gasteiger partial charge in [-0.15, -0.1) is 0 Å². The Hall–Kier alpha value is -2.05. The van der Waals surface area contributed by atoms with Crippen molar-refractivity contribution >= 4 is 33.2 Å². The Bertz CT molecular complexity index is 894. The Morgan fingerprint density at radius 1 is 1.08 bits per heavy atom. The van der Waals surface area contributed by atoms with Gasteiger partial charge in [-0.05, 0) is 75.2 Å². The smallest absolute Gasteiger partial charge is 0.264 e. The third-order valence-corrected chi connectivity index (χ3v) is 5.96. The molecule has 0 spiro atoms. The number of benzene rings is 2. The van der Waals surface area contributed by atoms with Crippen LogP contribution in [0.25, 0.3) is 0 Å². The maximum Gasteiger partial charge on any atom is 0.264 e. The number of sulfonamides is 1. The number of hydrogen-bond donors (Lipinski definition) is 1. The lowest BCUT2D eigenvalue weighted by atomic mass is 10.1. The van der Waals surface area contributed by atoms with Crippen molar-refractivity contribution in [1.82, 2.24) is 5.32 Å². The van der Waals surface area contributed by atoms with Gasteiger partial charge in [-0.1, -0.05) is 17.7 Å². The minimum absolute atomic E-state index is 0.0810. The Balaban J connectivity index is 2.49. The Morgan fingerprint density at radius 3 is 2.23 bits per heavy atom. The summed E-state index contributed by atoms with van der Waals surface area (Å²) in [5.74, 6) is -0.365. The third kappa shape index (κ3) is 4.77. The van der Waals surface area contributed by atoms with Gasteiger partial charge in [0.1, 0.15) is 6.54 Å². The molecule has 0 saturated carbocycles. The fourth-order valence-corrected chi connectivity index (χ4v) is 3.97. The summed E-state index contributed by atoms with van der Waals surface area (Å²) >= 11 is 5.87. The van der Waals surface area contributed by atoms with E-state index >= 15 is 0 Å². The van der Waals surface area contributed by atoms with Gasteiger partial charge >= 0.3 is 0 Å². The fourth-order valence-electron chi connectivity index (χ4n) is 2.43. The predicted octanol–water partition coefficient (Wildman–Crippen LogP) is 3.68. The topological polar surface area (TPSA) is 66.5 Å². The average Bonchev–Trinajstić information content (AvgIpc) is 2.55. The highest BCUT2D eigenvalue weighted by Crippen LogP contribution is 2.26. The minimum atomic E-state index is -3.92. The molecule has 0 atom stereocenters. The summed E-state index contributed by atoms with van der Waals surface area (Å²) in [7, 11) is -3.92. The van der Waals surface area contributed by atoms with E-state index in [1.807, 2.05) is 33.8 Å². The monoisotopic (exact) mass is 394 g/mol. The third-order valence-electron chi connectivity index (χ3n) is 3.92. The first-order chi connectivity index (χ1) is 12.1. The van der Waals surface area contributed by atoms with E-state index in [4.69, 9.17) is 11.6 Å². The van der Waals surface area contributed by atoms with Gasteiger partial charge in [0.15, 0.2) is 0 Å². The number of anilines is 1. The number of aryl methyl sites for hydroxylation is 2. The van der Waals surface area contributed by atoms with E-state index in [9.17, 15) is 13.2 Å². The Kier molecular flexibility index (Phi) is 6.31. The molecule has 2 aromatic carbocycles. The van der Waals surface area contributed by atoms with Gasteiger partial charge in [-0.2, -0.15) is 0 Å². The van der Waals surface area contributed by atoms with Crippen LogP contribution in [-0.2, 0) is 14.8 Å². The van der Waals surface area contributed by atoms with Crippen LogP contribution >= 0.6 is 11.6 Å². The molecular weight excluding hydrogens is 372 g/mol. The summed E-state index contributed by atoms with van der Waals surface area (Å²) in [4.78, 5) is 12.4. The summed E-state index contributed by atoms with van der Waals surface area (Å²) in [5.41, 5.74) is 2.44. The zero-order chi connectivity index (χ0) is 19.5. The van der Waals surface area contributed by atoms with Crippen LogP contribution in [0.15, 0.2) is 47.4 Å². The van der Waals surface area contributed by atoms with Crippen molar-refractivity contribution in [2.45, 2.75) is 38.6 Å². The summed E-state index contributed by atoms with van der Waals surface area (Å²) in [5, 5.41) is 3.18. The van der Waals surface area contributed by atoms with Gasteiger partial charge in [-0.25, -0.2) is 8.42 Å². The first-order valence-corrected chi connectivity index (χ1v) is 10.1. The molecule has 0 aromatic heterocycles. The van der Waals surface area contributed by atoms with Gasteiger partial charge in [0.05, 0.1) is 10.6 Å². The quantitative estimate of drug-likeness (QED) is 0.812. The first kappa shape index (κ1) is 20.3. The van der Waals surface area contributed by atoms with Crippen molar-refractivity contribution in [3.05, 3.63) is 58.6 Å². The number of amides is 1. The van der Waals surface area contributed by atoms with E-state index in [0.29, 0.717) is 10.7 Å². The van der Waals surface area contributed by atoms with Crippen LogP contribution in [0.1, 0.15) is 25.0 Å². The molecule has 1 N–H and O–H groups in total. The SMILES string of the molecule is Cc1ccc(N(CC(=O)NC(C)C)S(=O)(=O)c2ccc(Cl)cc2)cc1C. The van der Waals surface area contributed by atoms with E-state index in [2.05, 4.69) is 5.32 Å². The number of carbonyl (C=O) groups is 1. The fraction of sp³-hybridized carbons (Fsp3) is 0.316. The van der Waals surface area contributed by atoms with Crippen LogP contribution in [-0.4, -0.2) is 26.9 Å². The number of rotatable bonds is 6. The van der Waals surface area contributed by atoms with Crippen molar-refractivity contribution in [3.63, 3.8) is 0 Å². The van der Waals surface area contributed by atoms with E-state index < -0.39 is 10.0 Å². The molecule has 7 heteroatoms. The molecule has 0 fully saturated rings. The molecule has 0 aliphatic rings. The van der Waals surface area contributed by atoms with Gasteiger partial charge in [0.2, 0.25) is 5.91 Å². The van der Waals surface area contributed by atoms with E-state index in [1.165, 1.54) is 24.3 Å². The van der Waals surface area contributed by atoms with Crippen LogP contribution in [0.2, 0.25) is 5.02 Å². The summed E-state index contributed by atoms with van der Waals surface area (Å²) in [6.07, 6.45) is 0. The second-order valence-electron chi connectivity index (χ2n) is 6.46. The van der Waals surface area contributed by atoms with E-state index in [-0.39, 0.29) is 23.4 Å². The van der Waals surface area contributed by atoms with E-state index in [0.717, 1.165) is 15.4 Å². The number of nitrogens with zero attached hydrogens (tertiary/aromatic N) is 1. The summed E-state index contributed by atoms with van der Waals surface area (Å²) in [6, 6.07) is 11.1.